The molecule has 0 aromatic carbocycles. The predicted molar refractivity (Wildman–Crippen MR) is 64.9 cm³/mol. The maximum Gasteiger partial charge on any atom is 1.00 e. The fraction of sp³-hybridized carbons (Fsp3) is 0.545. The van der Waals surface area contributed by atoms with Gasteiger partial charge in [-0.2, -0.15) is 0 Å². The molecule has 0 aliphatic rings. The van der Waals surface area contributed by atoms with Gasteiger partial charge in [0.1, 0.15) is 5.60 Å². The first-order valence-electron chi connectivity index (χ1n) is 5.26. The first-order chi connectivity index (χ1) is 7.97. The van der Waals surface area contributed by atoms with E-state index in [-0.39, 0.29) is 57.9 Å². The molecule has 102 valence electrons. The van der Waals surface area contributed by atoms with E-state index in [1.165, 1.54) is 0 Å². The summed E-state index contributed by atoms with van der Waals surface area (Å²) in [5.41, 5.74) is -1.79. The smallest absolute Gasteiger partial charge is 0.445 e. The fourth-order valence-electron chi connectivity index (χ4n) is 0.970. The Labute approximate surface area is 154 Å². The van der Waals surface area contributed by atoms with Crippen LogP contribution in [0.4, 0.5) is 17.7 Å². The van der Waals surface area contributed by atoms with E-state index in [2.05, 4.69) is 12.5 Å². The van der Waals surface area contributed by atoms with Crippen molar-refractivity contribution in [1.29, 1.82) is 0 Å². The zero-order chi connectivity index (χ0) is 14.6. The van der Waals surface area contributed by atoms with E-state index in [9.17, 15) is 17.7 Å². The first kappa shape index (κ1) is 21.4. The number of amides is 1. The monoisotopic (exact) mass is 301 g/mol. The van der Waals surface area contributed by atoms with Crippen LogP contribution in [0.15, 0.2) is 12.1 Å². The molecule has 1 amide bonds. The van der Waals surface area contributed by atoms with Crippen molar-refractivity contribution >= 4 is 13.1 Å². The molecule has 0 heterocycles. The van der Waals surface area contributed by atoms with Gasteiger partial charge in [0.2, 0.25) is 0 Å². The molecule has 8 heteroatoms. The van der Waals surface area contributed by atoms with Crippen molar-refractivity contribution < 1.29 is 73.9 Å². The van der Waals surface area contributed by atoms with Gasteiger partial charge < -0.3 is 17.7 Å². The maximum absolute atomic E-state index is 12.4. The van der Waals surface area contributed by atoms with Crippen LogP contribution in [0.25, 0.3) is 0 Å². The van der Waals surface area contributed by atoms with Crippen LogP contribution in [0.5, 0.6) is 0 Å². The van der Waals surface area contributed by atoms with Crippen molar-refractivity contribution in [1.82, 2.24) is 4.90 Å². The molecule has 0 saturated carbocycles. The zero-order valence-corrected chi connectivity index (χ0v) is 14.8. The van der Waals surface area contributed by atoms with Crippen LogP contribution in [0.2, 0.25) is 0 Å². The van der Waals surface area contributed by atoms with Crippen LogP contribution in [-0.4, -0.2) is 36.7 Å². The van der Waals surface area contributed by atoms with Gasteiger partial charge in [0.25, 0.3) is 0 Å². The number of hydrogen-bond donors (Lipinski definition) is 0. The van der Waals surface area contributed by atoms with Gasteiger partial charge in [-0.25, -0.2) is 4.79 Å². The van der Waals surface area contributed by atoms with Gasteiger partial charge in [-0.3, -0.25) is 4.90 Å². The fourth-order valence-corrected chi connectivity index (χ4v) is 0.970. The molecule has 0 unspecified atom stereocenters. The van der Waals surface area contributed by atoms with Gasteiger partial charge in [-0.1, -0.05) is 5.92 Å². The van der Waals surface area contributed by atoms with E-state index in [0.717, 1.165) is 4.90 Å². The molecular weight excluding hydrogens is 285 g/mol. The van der Waals surface area contributed by atoms with Crippen molar-refractivity contribution in [2.75, 3.05) is 13.1 Å². The predicted octanol–water partition coefficient (Wildman–Crippen LogP) is -0.197. The molecule has 0 saturated heterocycles. The van der Waals surface area contributed by atoms with Crippen LogP contribution in [0.1, 0.15) is 20.8 Å². The standard InChI is InChI=1S/C11H16BF3NO2.K/c1-6-7-16(8-9(2)12(13,14)15)10(17)18-11(3,4)5;/h1H,2,7-8H2,3-5H3;/q-1;+1. The molecule has 0 aromatic rings. The van der Waals surface area contributed by atoms with Crippen molar-refractivity contribution in [2.45, 2.75) is 26.4 Å². The van der Waals surface area contributed by atoms with Crippen molar-refractivity contribution in [2.24, 2.45) is 0 Å². The van der Waals surface area contributed by atoms with E-state index in [4.69, 9.17) is 11.2 Å². The molecule has 0 spiro atoms. The molecule has 0 N–H and O–H groups in total. The van der Waals surface area contributed by atoms with Crippen molar-refractivity contribution in [3.05, 3.63) is 12.1 Å². The molecule has 0 aliphatic carbocycles. The van der Waals surface area contributed by atoms with Crippen LogP contribution in [0.3, 0.4) is 0 Å². The zero-order valence-electron chi connectivity index (χ0n) is 11.7. The number of nitrogens with zero attached hydrogens (tertiary/aromatic N) is 1. The van der Waals surface area contributed by atoms with Crippen molar-refractivity contribution in [3.63, 3.8) is 0 Å². The molecule has 0 aliphatic heterocycles. The summed E-state index contributed by atoms with van der Waals surface area (Å²) in [6.45, 7) is 1.61. The van der Waals surface area contributed by atoms with Gasteiger partial charge in [-0.15, -0.1) is 18.5 Å². The normalized spacial score (nSPS) is 11.0. The number of carbonyl (C=O) groups is 1. The van der Waals surface area contributed by atoms with Crippen molar-refractivity contribution in [3.8, 4) is 12.3 Å². The van der Waals surface area contributed by atoms with Crippen LogP contribution in [0, 0.1) is 12.3 Å². The van der Waals surface area contributed by atoms with E-state index >= 15 is 0 Å². The van der Waals surface area contributed by atoms with E-state index in [0.29, 0.717) is 0 Å². The molecule has 3 nitrogen and oxygen atoms in total. The Morgan fingerprint density at radius 3 is 2.21 bits per heavy atom. The summed E-state index contributed by atoms with van der Waals surface area (Å²) >= 11 is 0. The van der Waals surface area contributed by atoms with E-state index < -0.39 is 30.7 Å². The second-order valence-electron chi connectivity index (χ2n) is 4.77. The number of carbonyl (C=O) groups excluding carboxylic acids is 1. The minimum Gasteiger partial charge on any atom is -0.445 e. The SMILES string of the molecule is C#CCN(CC(=C)[B-](F)(F)F)C(=O)OC(C)(C)C.[K+]. The van der Waals surface area contributed by atoms with Gasteiger partial charge in [0, 0.05) is 6.54 Å². The summed E-state index contributed by atoms with van der Waals surface area (Å²) in [5.74, 6) is 2.11. The molecular formula is C11H16BF3KNO2. The van der Waals surface area contributed by atoms with Gasteiger partial charge in [-0.05, 0) is 20.8 Å². The van der Waals surface area contributed by atoms with Gasteiger partial charge >= 0.3 is 64.5 Å². The van der Waals surface area contributed by atoms with Gasteiger partial charge in [0.15, 0.2) is 0 Å². The summed E-state index contributed by atoms with van der Waals surface area (Å²) < 4.78 is 42.1. The largest absolute Gasteiger partial charge is 1.00 e. The Balaban J connectivity index is 0. The maximum atomic E-state index is 12.4. The molecule has 0 atom stereocenters. The molecule has 0 fully saturated rings. The molecule has 0 bridgehead atoms. The second kappa shape index (κ2) is 8.37. The summed E-state index contributed by atoms with van der Waals surface area (Å²) in [6, 6.07) is 0. The van der Waals surface area contributed by atoms with E-state index in [1.54, 1.807) is 20.8 Å². The Morgan fingerprint density at radius 2 is 1.89 bits per heavy atom. The molecule has 0 aromatic heterocycles. The summed E-state index contributed by atoms with van der Waals surface area (Å²) in [5, 5.41) is 0. The van der Waals surface area contributed by atoms with Crippen LogP contribution >= 0.6 is 0 Å². The third-order valence-electron chi connectivity index (χ3n) is 1.79. The topological polar surface area (TPSA) is 29.5 Å². The summed E-state index contributed by atoms with van der Waals surface area (Å²) in [6.07, 6.45) is 4.12. The van der Waals surface area contributed by atoms with E-state index in [1.807, 2.05) is 0 Å². The van der Waals surface area contributed by atoms with Gasteiger partial charge in [0.05, 0.1) is 6.54 Å². The minimum absolute atomic E-state index is 0. The Kier molecular flexibility index (Phi) is 9.41. The number of hydrogen-bond acceptors (Lipinski definition) is 2. The molecule has 19 heavy (non-hydrogen) atoms. The van der Waals surface area contributed by atoms with Crippen LogP contribution in [-0.2, 0) is 4.74 Å². The summed E-state index contributed by atoms with van der Waals surface area (Å²) in [4.78, 5) is 12.4. The van der Waals surface area contributed by atoms with Crippen LogP contribution < -0.4 is 51.4 Å². The second-order valence-corrected chi connectivity index (χ2v) is 4.77. The average molecular weight is 301 g/mol. The average Bonchev–Trinajstić information content (AvgIpc) is 2.12. The molecule has 0 radical (unpaired) electrons. The number of rotatable bonds is 4. The third-order valence-corrected chi connectivity index (χ3v) is 1.79. The third kappa shape index (κ3) is 9.57. The Morgan fingerprint density at radius 1 is 1.42 bits per heavy atom. The minimum atomic E-state index is -5.19. The molecule has 0 rings (SSSR count). The summed E-state index contributed by atoms with van der Waals surface area (Å²) in [7, 11) is 0. The Hall–Kier alpha value is 0.0613. The quantitative estimate of drug-likeness (QED) is 0.532. The Bertz CT molecular complexity index is 372. The number of halogens is 3. The number of ether oxygens (including phenoxy) is 1. The first-order valence-corrected chi connectivity index (χ1v) is 5.26. The number of terminal acetylenes is 1.